The van der Waals surface area contributed by atoms with E-state index in [1.165, 1.54) is 0 Å². The molecule has 16 heavy (non-hydrogen) atoms. The van der Waals surface area contributed by atoms with Crippen molar-refractivity contribution in [3.63, 3.8) is 0 Å². The molecular formula is C11H20N2O2S. The van der Waals surface area contributed by atoms with Crippen LogP contribution in [-0.4, -0.2) is 50.3 Å². The van der Waals surface area contributed by atoms with Gasteiger partial charge in [-0.15, -0.1) is 18.2 Å². The maximum Gasteiger partial charge on any atom is 0.236 e. The lowest BCUT2D eigenvalue weighted by atomic mass is 10.3. The van der Waals surface area contributed by atoms with Gasteiger partial charge in [-0.25, -0.2) is 0 Å². The number of ether oxygens (including phenoxy) is 1. The first kappa shape index (κ1) is 15.3. The molecule has 0 saturated carbocycles. The molecule has 0 bridgehead atoms. The van der Waals surface area contributed by atoms with Gasteiger partial charge in [0.25, 0.3) is 0 Å². The average molecular weight is 244 g/mol. The Morgan fingerprint density at radius 1 is 1.56 bits per heavy atom. The number of terminal acetylenes is 1. The maximum atomic E-state index is 11.5. The van der Waals surface area contributed by atoms with Gasteiger partial charge in [-0.1, -0.05) is 5.92 Å². The minimum absolute atomic E-state index is 0.000926. The highest BCUT2D eigenvalue weighted by Crippen LogP contribution is 1.95. The van der Waals surface area contributed by atoms with Gasteiger partial charge in [0.15, 0.2) is 0 Å². The molecule has 0 aromatic heterocycles. The zero-order valence-corrected chi connectivity index (χ0v) is 10.7. The topological polar surface area (TPSA) is 50.4 Å². The van der Waals surface area contributed by atoms with Crippen LogP contribution < -0.4 is 10.6 Å². The van der Waals surface area contributed by atoms with E-state index in [2.05, 4.69) is 16.6 Å². The molecule has 0 heterocycles. The molecular weight excluding hydrogens is 224 g/mol. The Hall–Kier alpha value is -0.700. The van der Waals surface area contributed by atoms with Gasteiger partial charge in [-0.3, -0.25) is 4.79 Å². The fourth-order valence-electron chi connectivity index (χ4n) is 1.00. The number of carbonyl (C=O) groups excluding carboxylic acids is 1. The highest BCUT2D eigenvalue weighted by molar-refractivity contribution is 7.99. The Morgan fingerprint density at radius 2 is 2.31 bits per heavy atom. The lowest BCUT2D eigenvalue weighted by Gasteiger charge is -2.13. The van der Waals surface area contributed by atoms with Gasteiger partial charge in [-0.05, 0) is 6.92 Å². The van der Waals surface area contributed by atoms with Gasteiger partial charge in [0.2, 0.25) is 5.91 Å². The van der Waals surface area contributed by atoms with Crippen LogP contribution in [0, 0.1) is 12.3 Å². The minimum Gasteiger partial charge on any atom is -0.383 e. The zero-order chi connectivity index (χ0) is 12.2. The molecule has 0 aromatic carbocycles. The van der Waals surface area contributed by atoms with Crippen LogP contribution in [0.3, 0.4) is 0 Å². The zero-order valence-electron chi connectivity index (χ0n) is 9.91. The number of methoxy groups -OCH3 is 1. The Morgan fingerprint density at radius 3 is 2.94 bits per heavy atom. The summed E-state index contributed by atoms with van der Waals surface area (Å²) < 4.78 is 4.84. The highest BCUT2D eigenvalue weighted by atomic mass is 32.2. The number of nitrogens with one attached hydrogen (secondary N) is 2. The maximum absolute atomic E-state index is 11.5. The number of rotatable bonds is 9. The molecule has 0 aliphatic rings. The molecule has 0 radical (unpaired) electrons. The van der Waals surface area contributed by atoms with E-state index in [0.717, 1.165) is 18.1 Å². The third kappa shape index (κ3) is 8.60. The molecule has 0 aromatic rings. The van der Waals surface area contributed by atoms with Gasteiger partial charge < -0.3 is 15.4 Å². The molecule has 0 spiro atoms. The molecule has 0 saturated heterocycles. The number of hydrogen-bond donors (Lipinski definition) is 2. The van der Waals surface area contributed by atoms with E-state index in [4.69, 9.17) is 11.2 Å². The molecule has 1 amide bonds. The summed E-state index contributed by atoms with van der Waals surface area (Å²) in [6.45, 7) is 3.71. The van der Waals surface area contributed by atoms with E-state index < -0.39 is 0 Å². The van der Waals surface area contributed by atoms with Crippen molar-refractivity contribution in [2.45, 2.75) is 13.0 Å². The van der Waals surface area contributed by atoms with Crippen molar-refractivity contribution in [1.82, 2.24) is 10.6 Å². The molecule has 4 nitrogen and oxygen atoms in total. The second-order valence-corrected chi connectivity index (χ2v) is 4.32. The predicted octanol–water partition coefficient (Wildman–Crippen LogP) is 0.0935. The van der Waals surface area contributed by atoms with Crippen molar-refractivity contribution in [2.24, 2.45) is 0 Å². The standard InChI is InChI=1S/C11H20N2O2S/c1-4-8-16-9-6-12-10(2)11(14)13-5-7-15-3/h1,10,12H,5-9H2,2-3H3,(H,13,14). The van der Waals surface area contributed by atoms with E-state index in [-0.39, 0.29) is 11.9 Å². The average Bonchev–Trinajstić information content (AvgIpc) is 2.28. The van der Waals surface area contributed by atoms with E-state index >= 15 is 0 Å². The third-order valence-electron chi connectivity index (χ3n) is 1.88. The fraction of sp³-hybridized carbons (Fsp3) is 0.727. The smallest absolute Gasteiger partial charge is 0.236 e. The second-order valence-electron chi connectivity index (χ2n) is 3.22. The number of amides is 1. The molecule has 1 unspecified atom stereocenters. The van der Waals surface area contributed by atoms with Crippen molar-refractivity contribution >= 4 is 17.7 Å². The Balaban J connectivity index is 3.44. The molecule has 5 heteroatoms. The number of thioether (sulfide) groups is 1. The quantitative estimate of drug-likeness (QED) is 0.446. The summed E-state index contributed by atoms with van der Waals surface area (Å²) in [5.74, 6) is 4.19. The monoisotopic (exact) mass is 244 g/mol. The Kier molecular flexibility index (Phi) is 10.3. The van der Waals surface area contributed by atoms with Gasteiger partial charge in [0, 0.05) is 26.0 Å². The molecule has 1 atom stereocenters. The largest absolute Gasteiger partial charge is 0.383 e. The summed E-state index contributed by atoms with van der Waals surface area (Å²) in [5, 5.41) is 5.90. The van der Waals surface area contributed by atoms with Crippen LogP contribution in [0.5, 0.6) is 0 Å². The van der Waals surface area contributed by atoms with Crippen molar-refractivity contribution in [3.05, 3.63) is 0 Å². The minimum atomic E-state index is -0.178. The lowest BCUT2D eigenvalue weighted by molar-refractivity contribution is -0.122. The van der Waals surface area contributed by atoms with Gasteiger partial charge in [-0.2, -0.15) is 0 Å². The van der Waals surface area contributed by atoms with Crippen LogP contribution in [0.4, 0.5) is 0 Å². The summed E-state index contributed by atoms with van der Waals surface area (Å²) in [7, 11) is 1.61. The summed E-state index contributed by atoms with van der Waals surface area (Å²) in [5.41, 5.74) is 0. The first-order chi connectivity index (χ1) is 7.72. The predicted molar refractivity (Wildman–Crippen MR) is 68.5 cm³/mol. The van der Waals surface area contributed by atoms with Gasteiger partial charge >= 0.3 is 0 Å². The fourth-order valence-corrected chi connectivity index (χ4v) is 1.53. The van der Waals surface area contributed by atoms with E-state index in [9.17, 15) is 4.79 Å². The molecule has 92 valence electrons. The molecule has 0 aliphatic carbocycles. The molecule has 2 N–H and O–H groups in total. The van der Waals surface area contributed by atoms with Crippen LogP contribution in [0.2, 0.25) is 0 Å². The second kappa shape index (κ2) is 10.8. The highest BCUT2D eigenvalue weighted by Gasteiger charge is 2.10. The molecule has 0 aliphatic heterocycles. The normalized spacial score (nSPS) is 11.8. The van der Waals surface area contributed by atoms with Gasteiger partial charge in [0.1, 0.15) is 0 Å². The van der Waals surface area contributed by atoms with Crippen molar-refractivity contribution in [3.8, 4) is 12.3 Å². The van der Waals surface area contributed by atoms with Crippen LogP contribution in [0.1, 0.15) is 6.92 Å². The molecule has 0 fully saturated rings. The Bertz CT molecular complexity index is 229. The van der Waals surface area contributed by atoms with E-state index in [0.29, 0.717) is 13.2 Å². The van der Waals surface area contributed by atoms with Crippen molar-refractivity contribution in [2.75, 3.05) is 38.3 Å². The van der Waals surface area contributed by atoms with Crippen LogP contribution in [-0.2, 0) is 9.53 Å². The molecule has 0 rings (SSSR count). The lowest BCUT2D eigenvalue weighted by Crippen LogP contribution is -2.43. The van der Waals surface area contributed by atoms with Crippen molar-refractivity contribution < 1.29 is 9.53 Å². The Labute approximate surface area is 102 Å². The van der Waals surface area contributed by atoms with E-state index in [1.807, 2.05) is 6.92 Å². The first-order valence-corrected chi connectivity index (χ1v) is 6.39. The van der Waals surface area contributed by atoms with Crippen LogP contribution in [0.25, 0.3) is 0 Å². The van der Waals surface area contributed by atoms with Crippen LogP contribution in [0.15, 0.2) is 0 Å². The van der Waals surface area contributed by atoms with Crippen LogP contribution >= 0.6 is 11.8 Å². The first-order valence-electron chi connectivity index (χ1n) is 5.23. The van der Waals surface area contributed by atoms with E-state index in [1.54, 1.807) is 18.9 Å². The summed E-state index contributed by atoms with van der Waals surface area (Å²) >= 11 is 1.68. The summed E-state index contributed by atoms with van der Waals surface area (Å²) in [6.07, 6.45) is 5.12. The number of carbonyl (C=O) groups is 1. The number of hydrogen-bond acceptors (Lipinski definition) is 4. The third-order valence-corrected chi connectivity index (χ3v) is 2.74. The summed E-state index contributed by atoms with van der Waals surface area (Å²) in [6, 6.07) is -0.178. The summed E-state index contributed by atoms with van der Waals surface area (Å²) in [4.78, 5) is 11.5. The van der Waals surface area contributed by atoms with Crippen molar-refractivity contribution in [1.29, 1.82) is 0 Å². The SMILES string of the molecule is C#CCSCCNC(C)C(=O)NCCOC. The van der Waals surface area contributed by atoms with Gasteiger partial charge in [0.05, 0.1) is 18.4 Å².